The lowest BCUT2D eigenvalue weighted by atomic mass is 9.85. The molecule has 3 saturated heterocycles. The number of aromatic nitrogens is 2. The summed E-state index contributed by atoms with van der Waals surface area (Å²) >= 11 is 0. The molecule has 4 N–H and O–H groups in total. The molecule has 0 aromatic carbocycles. The van der Waals surface area contributed by atoms with Crippen LogP contribution in [-0.4, -0.2) is 49.2 Å². The summed E-state index contributed by atoms with van der Waals surface area (Å²) in [6.07, 6.45) is 2.14. The van der Waals surface area contributed by atoms with Crippen molar-refractivity contribution in [1.29, 1.82) is 0 Å². The maximum atomic E-state index is 12.6. The molecule has 112 valence electrons. The number of aryl methyl sites for hydroxylation is 1. The average Bonchev–Trinajstić information content (AvgIpc) is 2.81. The number of sulfonamides is 1. The maximum Gasteiger partial charge on any atom is 0.244 e. The summed E-state index contributed by atoms with van der Waals surface area (Å²) in [5.74, 6) is 0.448. The van der Waals surface area contributed by atoms with E-state index in [9.17, 15) is 8.42 Å². The molecule has 3 aliphatic heterocycles. The van der Waals surface area contributed by atoms with E-state index < -0.39 is 10.0 Å². The van der Waals surface area contributed by atoms with Gasteiger partial charge < -0.3 is 10.6 Å². The number of hydrogen-bond donors (Lipinski definition) is 3. The Morgan fingerprint density at radius 2 is 2.15 bits per heavy atom. The fraction of sp³-hybridized carbons (Fsp3) is 0.750. The molecule has 2 bridgehead atoms. The van der Waals surface area contributed by atoms with Crippen LogP contribution in [0.1, 0.15) is 24.2 Å². The van der Waals surface area contributed by atoms with Crippen molar-refractivity contribution in [3.8, 4) is 0 Å². The standard InChI is InChI=1S/C12H21N5O2S/c1-8-12(10(6-13)15-14-8)20(18,19)16-11-7-17-4-2-9(11)3-5-17/h9,11,16H,2-7,13H2,1H3,(H,14,15). The first-order chi connectivity index (χ1) is 9.51. The molecule has 20 heavy (non-hydrogen) atoms. The minimum atomic E-state index is -3.56. The predicted octanol–water partition coefficient (Wildman–Crippen LogP) is -0.451. The highest BCUT2D eigenvalue weighted by atomic mass is 32.2. The molecule has 4 rings (SSSR count). The van der Waals surface area contributed by atoms with E-state index in [1.807, 2.05) is 0 Å². The third-order valence-electron chi connectivity index (χ3n) is 4.39. The van der Waals surface area contributed by atoms with Crippen molar-refractivity contribution in [3.05, 3.63) is 11.4 Å². The van der Waals surface area contributed by atoms with Crippen LogP contribution in [0, 0.1) is 12.8 Å². The van der Waals surface area contributed by atoms with E-state index >= 15 is 0 Å². The summed E-state index contributed by atoms with van der Waals surface area (Å²) in [5.41, 5.74) is 6.51. The Labute approximate surface area is 119 Å². The molecular weight excluding hydrogens is 278 g/mol. The molecule has 0 radical (unpaired) electrons. The van der Waals surface area contributed by atoms with Crippen molar-refractivity contribution in [3.63, 3.8) is 0 Å². The zero-order valence-corrected chi connectivity index (χ0v) is 12.4. The molecule has 1 aromatic heterocycles. The fourth-order valence-corrected chi connectivity index (χ4v) is 4.99. The lowest BCUT2D eigenvalue weighted by molar-refractivity contribution is 0.0827. The molecule has 1 atom stereocenters. The quantitative estimate of drug-likeness (QED) is 0.698. The van der Waals surface area contributed by atoms with E-state index in [2.05, 4.69) is 19.8 Å². The van der Waals surface area contributed by atoms with Gasteiger partial charge in [-0.2, -0.15) is 5.10 Å². The smallest absolute Gasteiger partial charge is 0.244 e. The van der Waals surface area contributed by atoms with Gasteiger partial charge in [-0.1, -0.05) is 0 Å². The number of fused-ring (bicyclic) bond motifs is 3. The van der Waals surface area contributed by atoms with E-state index in [0.717, 1.165) is 32.5 Å². The van der Waals surface area contributed by atoms with Crippen LogP contribution in [0.4, 0.5) is 0 Å². The third kappa shape index (κ3) is 2.37. The van der Waals surface area contributed by atoms with E-state index in [1.54, 1.807) is 6.92 Å². The second kappa shape index (κ2) is 5.10. The second-order valence-electron chi connectivity index (χ2n) is 5.69. The van der Waals surface area contributed by atoms with Gasteiger partial charge in [0.1, 0.15) is 4.90 Å². The summed E-state index contributed by atoms with van der Waals surface area (Å²) in [6.45, 7) is 4.79. The zero-order valence-electron chi connectivity index (χ0n) is 11.6. The van der Waals surface area contributed by atoms with Crippen LogP contribution in [0.2, 0.25) is 0 Å². The van der Waals surface area contributed by atoms with Crippen molar-refractivity contribution in [1.82, 2.24) is 19.8 Å². The molecule has 0 spiro atoms. The number of hydrogen-bond acceptors (Lipinski definition) is 5. The third-order valence-corrected chi connectivity index (χ3v) is 6.08. The first kappa shape index (κ1) is 14.0. The number of nitrogens with zero attached hydrogens (tertiary/aromatic N) is 2. The lowest BCUT2D eigenvalue weighted by Gasteiger charge is -2.44. The van der Waals surface area contributed by atoms with Crippen molar-refractivity contribution in [2.75, 3.05) is 19.6 Å². The molecule has 1 unspecified atom stereocenters. The van der Waals surface area contributed by atoms with Gasteiger partial charge >= 0.3 is 0 Å². The Morgan fingerprint density at radius 1 is 1.45 bits per heavy atom. The van der Waals surface area contributed by atoms with Crippen molar-refractivity contribution >= 4 is 10.0 Å². The molecule has 8 heteroatoms. The molecule has 0 aliphatic carbocycles. The number of nitrogens with two attached hydrogens (primary N) is 1. The van der Waals surface area contributed by atoms with Crippen LogP contribution in [0.5, 0.6) is 0 Å². The predicted molar refractivity (Wildman–Crippen MR) is 74.5 cm³/mol. The Hall–Kier alpha value is -0.960. The molecule has 0 amide bonds. The van der Waals surface area contributed by atoms with Gasteiger partial charge in [0.15, 0.2) is 0 Å². The maximum absolute atomic E-state index is 12.6. The molecule has 4 heterocycles. The number of piperidine rings is 3. The number of rotatable bonds is 4. The van der Waals surface area contributed by atoms with Crippen LogP contribution in [-0.2, 0) is 16.6 Å². The highest BCUT2D eigenvalue weighted by Gasteiger charge is 2.37. The van der Waals surface area contributed by atoms with Gasteiger partial charge in [0.2, 0.25) is 10.0 Å². The minimum Gasteiger partial charge on any atom is -0.325 e. The lowest BCUT2D eigenvalue weighted by Crippen LogP contribution is -2.57. The van der Waals surface area contributed by atoms with E-state index in [-0.39, 0.29) is 17.5 Å². The largest absolute Gasteiger partial charge is 0.325 e. The molecule has 1 aromatic rings. The van der Waals surface area contributed by atoms with Crippen LogP contribution in [0.15, 0.2) is 4.90 Å². The Kier molecular flexibility index (Phi) is 3.57. The molecular formula is C12H21N5O2S. The van der Waals surface area contributed by atoms with Crippen molar-refractivity contribution in [2.24, 2.45) is 11.7 Å². The normalized spacial score (nSPS) is 29.8. The zero-order chi connectivity index (χ0) is 14.3. The van der Waals surface area contributed by atoms with E-state index in [1.165, 1.54) is 0 Å². The van der Waals surface area contributed by atoms with Crippen LogP contribution in [0.3, 0.4) is 0 Å². The summed E-state index contributed by atoms with van der Waals surface area (Å²) in [7, 11) is -3.56. The summed E-state index contributed by atoms with van der Waals surface area (Å²) < 4.78 is 28.0. The Bertz CT molecular complexity index is 589. The van der Waals surface area contributed by atoms with Gasteiger partial charge in [-0.15, -0.1) is 0 Å². The average molecular weight is 299 g/mol. The Morgan fingerprint density at radius 3 is 2.70 bits per heavy atom. The van der Waals surface area contributed by atoms with Crippen LogP contribution in [0.25, 0.3) is 0 Å². The summed E-state index contributed by atoms with van der Waals surface area (Å²) in [5, 5.41) is 6.67. The SMILES string of the molecule is Cc1[nH]nc(CN)c1S(=O)(=O)NC1CN2CCC1CC2. The topological polar surface area (TPSA) is 104 Å². The van der Waals surface area contributed by atoms with Crippen LogP contribution >= 0.6 is 0 Å². The molecule has 3 fully saturated rings. The van der Waals surface area contributed by atoms with Gasteiger partial charge in [-0.05, 0) is 38.8 Å². The van der Waals surface area contributed by atoms with Gasteiger partial charge in [-0.25, -0.2) is 13.1 Å². The highest BCUT2D eigenvalue weighted by Crippen LogP contribution is 2.29. The van der Waals surface area contributed by atoms with Gasteiger partial charge in [0.25, 0.3) is 0 Å². The second-order valence-corrected chi connectivity index (χ2v) is 7.35. The highest BCUT2D eigenvalue weighted by molar-refractivity contribution is 7.89. The van der Waals surface area contributed by atoms with Crippen LogP contribution < -0.4 is 10.5 Å². The summed E-state index contributed by atoms with van der Waals surface area (Å²) in [4.78, 5) is 2.54. The van der Waals surface area contributed by atoms with Crippen molar-refractivity contribution in [2.45, 2.75) is 37.2 Å². The number of H-pyrrole nitrogens is 1. The number of aromatic amines is 1. The first-order valence-corrected chi connectivity index (χ1v) is 8.48. The Balaban J connectivity index is 1.84. The van der Waals surface area contributed by atoms with E-state index in [4.69, 9.17) is 5.73 Å². The molecule has 0 saturated carbocycles. The van der Waals surface area contributed by atoms with Gasteiger partial charge in [-0.3, -0.25) is 5.10 Å². The van der Waals surface area contributed by atoms with Crippen molar-refractivity contribution < 1.29 is 8.42 Å². The monoisotopic (exact) mass is 299 g/mol. The summed E-state index contributed by atoms with van der Waals surface area (Å²) in [6, 6.07) is 0.00224. The molecule has 3 aliphatic rings. The van der Waals surface area contributed by atoms with E-state index in [0.29, 0.717) is 17.3 Å². The fourth-order valence-electron chi connectivity index (χ4n) is 3.32. The minimum absolute atomic E-state index is 0.00224. The van der Waals surface area contributed by atoms with Gasteiger partial charge in [0, 0.05) is 19.1 Å². The molecule has 7 nitrogen and oxygen atoms in total. The van der Waals surface area contributed by atoms with Gasteiger partial charge in [0.05, 0.1) is 11.4 Å². The number of nitrogens with one attached hydrogen (secondary N) is 2. The first-order valence-electron chi connectivity index (χ1n) is 7.00.